The lowest BCUT2D eigenvalue weighted by Crippen LogP contribution is -2.33. The van der Waals surface area contributed by atoms with Crippen molar-refractivity contribution in [2.75, 3.05) is 26.2 Å². The molecule has 0 bridgehead atoms. The van der Waals surface area contributed by atoms with Crippen LogP contribution in [0.1, 0.15) is 200 Å². The van der Waals surface area contributed by atoms with Crippen LogP contribution in [0.15, 0.2) is 73.1 Å². The molecule has 4 heteroatoms. The summed E-state index contributed by atoms with van der Waals surface area (Å²) in [5.41, 5.74) is 1.37. The molecule has 1 aromatic rings. The second-order valence-corrected chi connectivity index (χ2v) is 16.0. The van der Waals surface area contributed by atoms with Gasteiger partial charge in [0, 0.05) is 38.3 Å². The molecule has 0 saturated carbocycles. The van der Waals surface area contributed by atoms with E-state index < -0.39 is 0 Å². The van der Waals surface area contributed by atoms with Crippen LogP contribution in [0.3, 0.4) is 0 Å². The van der Waals surface area contributed by atoms with Crippen molar-refractivity contribution in [1.29, 1.82) is 0 Å². The Morgan fingerprint density at radius 3 is 1.54 bits per heavy atom. The molecule has 1 fully saturated rings. The lowest BCUT2D eigenvalue weighted by atomic mass is 9.98. The summed E-state index contributed by atoms with van der Waals surface area (Å²) >= 11 is 0. The highest BCUT2D eigenvalue weighted by atomic mass is 16.7. The Labute approximate surface area is 335 Å². The Bertz CT molecular complexity index is 1020. The van der Waals surface area contributed by atoms with Gasteiger partial charge in [0.05, 0.1) is 12.7 Å². The number of unbranched alkanes of at least 4 members (excludes halogenated alkanes) is 18. The maximum Gasteiger partial charge on any atom is 0.168 e. The van der Waals surface area contributed by atoms with Crippen molar-refractivity contribution in [3.8, 4) is 0 Å². The van der Waals surface area contributed by atoms with E-state index in [4.69, 9.17) is 9.47 Å². The minimum atomic E-state index is -0.358. The summed E-state index contributed by atoms with van der Waals surface area (Å²) in [5, 5.41) is 0. The topological polar surface area (TPSA) is 34.6 Å². The first kappa shape index (κ1) is 48.1. The summed E-state index contributed by atoms with van der Waals surface area (Å²) in [5.74, 6) is -0.358. The molecule has 2 heterocycles. The van der Waals surface area contributed by atoms with Crippen LogP contribution in [0.25, 0.3) is 0 Å². The second-order valence-electron chi connectivity index (χ2n) is 16.0. The van der Waals surface area contributed by atoms with E-state index in [1.165, 1.54) is 147 Å². The zero-order valence-electron chi connectivity index (χ0n) is 35.8. The van der Waals surface area contributed by atoms with Gasteiger partial charge in [0.1, 0.15) is 0 Å². The Morgan fingerprint density at radius 1 is 0.593 bits per heavy atom. The molecule has 0 aromatic carbocycles. The van der Waals surface area contributed by atoms with Gasteiger partial charge in [-0.1, -0.05) is 146 Å². The Balaban J connectivity index is 1.65. The number of pyridine rings is 1. The van der Waals surface area contributed by atoms with Gasteiger partial charge >= 0.3 is 0 Å². The van der Waals surface area contributed by atoms with Gasteiger partial charge in [-0.3, -0.25) is 4.98 Å². The molecule has 1 aliphatic heterocycles. The predicted octanol–water partition coefficient (Wildman–Crippen LogP) is 14.9. The van der Waals surface area contributed by atoms with Crippen molar-refractivity contribution >= 4 is 0 Å². The number of aromatic nitrogens is 1. The summed E-state index contributed by atoms with van der Waals surface area (Å²) in [6.07, 6.45) is 57.9. The van der Waals surface area contributed by atoms with Gasteiger partial charge in [-0.05, 0) is 114 Å². The minimum absolute atomic E-state index is 0.217. The molecule has 54 heavy (non-hydrogen) atoms. The average molecular weight is 747 g/mol. The number of hydrogen-bond donors (Lipinski definition) is 0. The Morgan fingerprint density at radius 2 is 1.06 bits per heavy atom. The van der Waals surface area contributed by atoms with Crippen LogP contribution in [-0.4, -0.2) is 48.0 Å². The summed E-state index contributed by atoms with van der Waals surface area (Å²) in [4.78, 5) is 6.74. The Hall–Kier alpha value is -2.01. The second kappa shape index (κ2) is 35.4. The van der Waals surface area contributed by atoms with Crippen molar-refractivity contribution in [1.82, 2.24) is 9.88 Å². The molecule has 1 aliphatic rings. The summed E-state index contributed by atoms with van der Waals surface area (Å²) in [6.45, 7) is 10.8. The molecule has 308 valence electrons. The number of allylic oxidation sites excluding steroid dienone is 8. The van der Waals surface area contributed by atoms with Gasteiger partial charge in [0.25, 0.3) is 0 Å². The maximum absolute atomic E-state index is 6.87. The van der Waals surface area contributed by atoms with Gasteiger partial charge in [-0.2, -0.15) is 0 Å². The van der Waals surface area contributed by atoms with E-state index in [1.807, 2.05) is 12.4 Å². The number of nitrogens with zero attached hydrogens (tertiary/aromatic N) is 2. The van der Waals surface area contributed by atoms with Gasteiger partial charge in [0.2, 0.25) is 0 Å². The third-order valence-corrected chi connectivity index (χ3v) is 11.1. The molecule has 0 N–H and O–H groups in total. The van der Waals surface area contributed by atoms with Crippen molar-refractivity contribution in [3.05, 3.63) is 78.7 Å². The fourth-order valence-corrected chi connectivity index (χ4v) is 7.50. The molecular weight excluding hydrogens is 661 g/mol. The first-order valence-corrected chi connectivity index (χ1v) is 23.2. The predicted molar refractivity (Wildman–Crippen MR) is 236 cm³/mol. The molecular formula is C50H86N2O2. The monoisotopic (exact) mass is 747 g/mol. The smallest absolute Gasteiger partial charge is 0.168 e. The molecule has 2 rings (SSSR count). The van der Waals surface area contributed by atoms with Gasteiger partial charge < -0.3 is 14.4 Å². The highest BCUT2D eigenvalue weighted by Gasteiger charge is 2.40. The molecule has 1 unspecified atom stereocenters. The molecule has 1 saturated heterocycles. The number of ether oxygens (including phenoxy) is 2. The molecule has 0 radical (unpaired) electrons. The standard InChI is InChI=1S/C50H86N2O2/c1-4-7-9-11-13-15-17-19-21-23-25-27-29-31-33-35-41-50(42-36-34-32-30-28-26-24-22-20-18-16-14-12-10-8-5-2)53-47-49(54-50)40-46-52(6-3)45-39-48-37-43-51-44-38-48/h13-16,19-22,37-38,43-44,49H,4-12,17-18,23-36,39-42,45-47H2,1-3H3/b15-13-,16-14-,21-19-,22-20-. The lowest BCUT2D eigenvalue weighted by Gasteiger charge is -2.29. The fourth-order valence-electron chi connectivity index (χ4n) is 7.50. The first-order chi connectivity index (χ1) is 26.7. The first-order valence-electron chi connectivity index (χ1n) is 23.2. The van der Waals surface area contributed by atoms with E-state index in [0.717, 1.165) is 64.8 Å². The van der Waals surface area contributed by atoms with E-state index in [2.05, 4.69) is 91.4 Å². The largest absolute Gasteiger partial charge is 0.347 e. The van der Waals surface area contributed by atoms with Crippen LogP contribution >= 0.6 is 0 Å². The molecule has 1 atom stereocenters. The number of hydrogen-bond acceptors (Lipinski definition) is 4. The van der Waals surface area contributed by atoms with Gasteiger partial charge in [-0.25, -0.2) is 0 Å². The third kappa shape index (κ3) is 26.7. The van der Waals surface area contributed by atoms with Crippen LogP contribution < -0.4 is 0 Å². The number of rotatable bonds is 37. The normalized spacial score (nSPS) is 16.1. The summed E-state index contributed by atoms with van der Waals surface area (Å²) < 4.78 is 13.5. The zero-order chi connectivity index (χ0) is 38.5. The van der Waals surface area contributed by atoms with Gasteiger partial charge in [-0.15, -0.1) is 0 Å². The molecule has 0 spiro atoms. The van der Waals surface area contributed by atoms with Crippen LogP contribution in [0.4, 0.5) is 0 Å². The zero-order valence-corrected chi connectivity index (χ0v) is 35.8. The fraction of sp³-hybridized carbons (Fsp3) is 0.740. The molecule has 1 aromatic heterocycles. The quantitative estimate of drug-likeness (QED) is 0.0502. The molecule has 0 amide bonds. The van der Waals surface area contributed by atoms with E-state index >= 15 is 0 Å². The molecule has 0 aliphatic carbocycles. The van der Waals surface area contributed by atoms with E-state index in [0.29, 0.717) is 0 Å². The van der Waals surface area contributed by atoms with Crippen LogP contribution in [-0.2, 0) is 15.9 Å². The van der Waals surface area contributed by atoms with Crippen molar-refractivity contribution in [2.45, 2.75) is 212 Å². The van der Waals surface area contributed by atoms with Crippen LogP contribution in [0.2, 0.25) is 0 Å². The Kier molecular flexibility index (Phi) is 31.6. The SMILES string of the molecule is CCCCC/C=C\C/C=C\CCCCCCCCC1(CCCCCCCC/C=C\C/C=C\CCCCC)OCC(CCN(CC)CCc2ccncc2)O1. The third-order valence-electron chi connectivity index (χ3n) is 11.1. The maximum atomic E-state index is 6.87. The lowest BCUT2D eigenvalue weighted by molar-refractivity contribution is -0.180. The highest BCUT2D eigenvalue weighted by Crippen LogP contribution is 2.35. The van der Waals surface area contributed by atoms with Crippen LogP contribution in [0, 0.1) is 0 Å². The van der Waals surface area contributed by atoms with E-state index in [9.17, 15) is 0 Å². The average Bonchev–Trinajstić information content (AvgIpc) is 3.60. The minimum Gasteiger partial charge on any atom is -0.347 e. The van der Waals surface area contributed by atoms with Crippen molar-refractivity contribution in [3.63, 3.8) is 0 Å². The summed E-state index contributed by atoms with van der Waals surface area (Å²) in [6, 6.07) is 4.27. The molecule has 4 nitrogen and oxygen atoms in total. The number of likely N-dealkylation sites (N-methyl/N-ethyl adjacent to an activating group) is 1. The highest BCUT2D eigenvalue weighted by molar-refractivity contribution is 5.09. The van der Waals surface area contributed by atoms with Gasteiger partial charge in [0.15, 0.2) is 5.79 Å². The summed E-state index contributed by atoms with van der Waals surface area (Å²) in [7, 11) is 0. The van der Waals surface area contributed by atoms with Crippen molar-refractivity contribution < 1.29 is 9.47 Å². The van der Waals surface area contributed by atoms with Crippen LogP contribution in [0.5, 0.6) is 0 Å². The van der Waals surface area contributed by atoms with E-state index in [1.54, 1.807) is 0 Å². The van der Waals surface area contributed by atoms with E-state index in [-0.39, 0.29) is 11.9 Å². The van der Waals surface area contributed by atoms with Crippen molar-refractivity contribution in [2.24, 2.45) is 0 Å².